The number of benzene rings is 3. The highest BCUT2D eigenvalue weighted by Crippen LogP contribution is 2.23. The molecule has 0 radical (unpaired) electrons. The van der Waals surface area contributed by atoms with Crippen molar-refractivity contribution in [2.45, 2.75) is 38.0 Å². The number of rotatable bonds is 6. The highest BCUT2D eigenvalue weighted by Gasteiger charge is 2.21. The molecule has 3 rings (SSSR count). The number of sulfonamides is 1. The minimum absolute atomic E-state index is 0.0679. The molecule has 7 heteroatoms. The maximum absolute atomic E-state index is 12.8. The average molecular weight is 464 g/mol. The first-order valence-electron chi connectivity index (χ1n) is 10.6. The van der Waals surface area contributed by atoms with Gasteiger partial charge in [0.05, 0.1) is 16.3 Å². The normalized spacial score (nSPS) is 12.3. The molecule has 0 aliphatic carbocycles. The lowest BCUT2D eigenvalue weighted by Gasteiger charge is -2.19. The molecule has 0 heterocycles. The Bertz CT molecular complexity index is 1240. The Balaban J connectivity index is 1.69. The number of hydrogen-bond donors (Lipinski definition) is 1. The second-order valence-electron chi connectivity index (χ2n) is 8.80. The van der Waals surface area contributed by atoms with Gasteiger partial charge >= 0.3 is 0 Å². The zero-order valence-corrected chi connectivity index (χ0v) is 20.3. The number of nitrogens with one attached hydrogen (secondary N) is 1. The van der Waals surface area contributed by atoms with Crippen LogP contribution in [-0.4, -0.2) is 27.1 Å². The van der Waals surface area contributed by atoms with Gasteiger partial charge in [-0.2, -0.15) is 5.10 Å². The van der Waals surface area contributed by atoms with Crippen molar-refractivity contribution in [2.24, 2.45) is 5.10 Å². The SMILES string of the molecule is C/C(=N/NC(=O)c1ccc(N(C)S(=O)(=O)c2ccccc2)cc1)c1ccc(C(C)(C)C)cc1. The number of carbonyl (C=O) groups excluding carboxylic acids is 1. The summed E-state index contributed by atoms with van der Waals surface area (Å²) in [4.78, 5) is 12.7. The lowest BCUT2D eigenvalue weighted by molar-refractivity contribution is 0.0955. The van der Waals surface area contributed by atoms with Crippen LogP contribution in [0.5, 0.6) is 0 Å². The highest BCUT2D eigenvalue weighted by atomic mass is 32.2. The van der Waals surface area contributed by atoms with Gasteiger partial charge in [-0.15, -0.1) is 0 Å². The van der Waals surface area contributed by atoms with Gasteiger partial charge in [0.2, 0.25) is 0 Å². The van der Waals surface area contributed by atoms with Crippen molar-refractivity contribution < 1.29 is 13.2 Å². The zero-order valence-electron chi connectivity index (χ0n) is 19.5. The predicted octanol–water partition coefficient (Wildman–Crippen LogP) is 4.96. The maximum atomic E-state index is 12.8. The van der Waals surface area contributed by atoms with Crippen molar-refractivity contribution in [1.29, 1.82) is 0 Å². The Morgan fingerprint density at radius 2 is 1.39 bits per heavy atom. The summed E-state index contributed by atoms with van der Waals surface area (Å²) in [6, 6.07) is 22.7. The van der Waals surface area contributed by atoms with E-state index in [1.807, 2.05) is 19.1 Å². The summed E-state index contributed by atoms with van der Waals surface area (Å²) in [5, 5.41) is 4.21. The molecule has 0 aliphatic heterocycles. The lowest BCUT2D eigenvalue weighted by Crippen LogP contribution is -2.26. The molecule has 0 saturated heterocycles. The number of nitrogens with zero attached hydrogens (tertiary/aromatic N) is 2. The van der Waals surface area contributed by atoms with E-state index < -0.39 is 10.0 Å². The Morgan fingerprint density at radius 3 is 1.94 bits per heavy atom. The summed E-state index contributed by atoms with van der Waals surface area (Å²) in [6.07, 6.45) is 0. The highest BCUT2D eigenvalue weighted by molar-refractivity contribution is 7.92. The predicted molar refractivity (Wildman–Crippen MR) is 133 cm³/mol. The van der Waals surface area contributed by atoms with Crippen LogP contribution in [0.15, 0.2) is 88.9 Å². The summed E-state index contributed by atoms with van der Waals surface area (Å²) in [7, 11) is -2.20. The second kappa shape index (κ2) is 9.58. The molecule has 33 heavy (non-hydrogen) atoms. The van der Waals surface area contributed by atoms with Gasteiger partial charge < -0.3 is 0 Å². The standard InChI is InChI=1S/C26H29N3O3S/c1-19(20-11-15-22(16-12-20)26(2,3)4)27-28-25(30)21-13-17-23(18-14-21)29(5)33(31,32)24-9-7-6-8-10-24/h6-18H,1-5H3,(H,28,30)/b27-19-. The smallest absolute Gasteiger partial charge is 0.269 e. The zero-order chi connectivity index (χ0) is 24.2. The van der Waals surface area contributed by atoms with E-state index in [4.69, 9.17) is 0 Å². The summed E-state index contributed by atoms with van der Waals surface area (Å²) in [5.41, 5.74) is 6.30. The molecule has 3 aromatic carbocycles. The number of hydrazone groups is 1. The molecule has 3 aromatic rings. The molecular weight excluding hydrogens is 434 g/mol. The van der Waals surface area contributed by atoms with Crippen LogP contribution >= 0.6 is 0 Å². The molecule has 0 fully saturated rings. The minimum atomic E-state index is -3.68. The number of anilines is 1. The first-order chi connectivity index (χ1) is 15.5. The number of hydrogen-bond acceptors (Lipinski definition) is 4. The lowest BCUT2D eigenvalue weighted by atomic mass is 9.86. The molecule has 0 unspecified atom stereocenters. The van der Waals surface area contributed by atoms with E-state index in [0.717, 1.165) is 5.56 Å². The minimum Gasteiger partial charge on any atom is -0.269 e. The van der Waals surface area contributed by atoms with Crippen LogP contribution in [0.4, 0.5) is 5.69 Å². The monoisotopic (exact) mass is 463 g/mol. The van der Waals surface area contributed by atoms with Crippen molar-refractivity contribution in [3.63, 3.8) is 0 Å². The van der Waals surface area contributed by atoms with E-state index in [1.54, 1.807) is 54.6 Å². The van der Waals surface area contributed by atoms with Crippen molar-refractivity contribution in [2.75, 3.05) is 11.4 Å². The van der Waals surface area contributed by atoms with Crippen molar-refractivity contribution >= 4 is 27.3 Å². The molecule has 0 spiro atoms. The van der Waals surface area contributed by atoms with Gasteiger partial charge in [-0.25, -0.2) is 13.8 Å². The first-order valence-corrected chi connectivity index (χ1v) is 12.0. The largest absolute Gasteiger partial charge is 0.271 e. The molecule has 6 nitrogen and oxygen atoms in total. The van der Waals surface area contributed by atoms with Gasteiger partial charge in [0.25, 0.3) is 15.9 Å². The Kier molecular flexibility index (Phi) is 7.03. The molecule has 1 N–H and O–H groups in total. The van der Waals surface area contributed by atoms with Gasteiger partial charge in [0.15, 0.2) is 0 Å². The Labute approximate surface area is 196 Å². The first kappa shape index (κ1) is 24.2. The van der Waals surface area contributed by atoms with Crippen molar-refractivity contribution in [1.82, 2.24) is 5.43 Å². The van der Waals surface area contributed by atoms with E-state index in [9.17, 15) is 13.2 Å². The fourth-order valence-electron chi connectivity index (χ4n) is 3.19. The Morgan fingerprint density at radius 1 is 0.848 bits per heavy atom. The second-order valence-corrected chi connectivity index (χ2v) is 10.8. The van der Waals surface area contributed by atoms with Crippen LogP contribution in [-0.2, 0) is 15.4 Å². The van der Waals surface area contributed by atoms with E-state index in [1.165, 1.54) is 16.9 Å². The van der Waals surface area contributed by atoms with Crippen LogP contribution in [0.3, 0.4) is 0 Å². The molecule has 0 aromatic heterocycles. The van der Waals surface area contributed by atoms with E-state index in [0.29, 0.717) is 17.0 Å². The molecule has 0 aliphatic rings. The van der Waals surface area contributed by atoms with E-state index in [2.05, 4.69) is 43.4 Å². The van der Waals surface area contributed by atoms with E-state index in [-0.39, 0.29) is 16.2 Å². The molecule has 0 bridgehead atoms. The van der Waals surface area contributed by atoms with Gasteiger partial charge in [-0.3, -0.25) is 9.10 Å². The van der Waals surface area contributed by atoms with Gasteiger partial charge in [-0.05, 0) is 59.9 Å². The molecule has 0 atom stereocenters. The van der Waals surface area contributed by atoms with E-state index >= 15 is 0 Å². The third kappa shape index (κ3) is 5.68. The van der Waals surface area contributed by atoms with Crippen LogP contribution in [0.25, 0.3) is 0 Å². The average Bonchev–Trinajstić information content (AvgIpc) is 2.82. The van der Waals surface area contributed by atoms with Crippen LogP contribution in [0.1, 0.15) is 49.2 Å². The van der Waals surface area contributed by atoms with Crippen molar-refractivity contribution in [3.8, 4) is 0 Å². The van der Waals surface area contributed by atoms with Gasteiger partial charge in [0.1, 0.15) is 0 Å². The molecule has 1 amide bonds. The topological polar surface area (TPSA) is 78.8 Å². The van der Waals surface area contributed by atoms with Crippen LogP contribution < -0.4 is 9.73 Å². The van der Waals surface area contributed by atoms with Crippen LogP contribution in [0.2, 0.25) is 0 Å². The summed E-state index contributed by atoms with van der Waals surface area (Å²) in [5.74, 6) is -0.374. The van der Waals surface area contributed by atoms with Gasteiger partial charge in [-0.1, -0.05) is 63.2 Å². The molecule has 0 saturated carbocycles. The van der Waals surface area contributed by atoms with Gasteiger partial charge in [0, 0.05) is 12.6 Å². The Hall–Kier alpha value is -3.45. The summed E-state index contributed by atoms with van der Waals surface area (Å²) < 4.78 is 26.7. The molecular formula is C26H29N3O3S. The number of amides is 1. The quantitative estimate of drug-likeness (QED) is 0.414. The third-order valence-electron chi connectivity index (χ3n) is 5.39. The van der Waals surface area contributed by atoms with Crippen LogP contribution in [0, 0.1) is 0 Å². The third-order valence-corrected chi connectivity index (χ3v) is 7.19. The fraction of sp³-hybridized carbons (Fsp3) is 0.231. The fourth-order valence-corrected chi connectivity index (χ4v) is 4.40. The maximum Gasteiger partial charge on any atom is 0.271 e. The number of carbonyl (C=O) groups is 1. The molecule has 172 valence electrons. The summed E-state index contributed by atoms with van der Waals surface area (Å²) >= 11 is 0. The van der Waals surface area contributed by atoms with Crippen molar-refractivity contribution in [3.05, 3.63) is 95.6 Å². The summed E-state index contributed by atoms with van der Waals surface area (Å²) in [6.45, 7) is 8.30.